The van der Waals surface area contributed by atoms with E-state index in [0.29, 0.717) is 16.1 Å². The highest BCUT2D eigenvalue weighted by Crippen LogP contribution is 2.42. The van der Waals surface area contributed by atoms with Crippen molar-refractivity contribution in [2.45, 2.75) is 18.8 Å². The first-order chi connectivity index (χ1) is 10.1. The molecule has 1 saturated carbocycles. The SMILES string of the molecule is Nc1ccc2c(c1)nc(C1CC1)n2-c1ccc(Br)c(F)c1. The van der Waals surface area contributed by atoms with Crippen LogP contribution in [0.3, 0.4) is 0 Å². The fraction of sp³-hybridized carbons (Fsp3) is 0.188. The zero-order valence-electron chi connectivity index (χ0n) is 11.2. The molecule has 0 radical (unpaired) electrons. The molecule has 1 fully saturated rings. The van der Waals surface area contributed by atoms with Crippen molar-refractivity contribution in [1.82, 2.24) is 9.55 Å². The molecule has 5 heteroatoms. The molecule has 0 aliphatic heterocycles. The van der Waals surface area contributed by atoms with Gasteiger partial charge < -0.3 is 5.73 Å². The molecule has 0 atom stereocenters. The first-order valence-corrected chi connectivity index (χ1v) is 7.66. The Balaban J connectivity index is 2.01. The molecular formula is C16H13BrFN3. The monoisotopic (exact) mass is 345 g/mol. The summed E-state index contributed by atoms with van der Waals surface area (Å²) in [6.45, 7) is 0. The predicted octanol–water partition coefficient (Wildman–Crippen LogP) is 4.39. The molecule has 1 aliphatic rings. The zero-order chi connectivity index (χ0) is 14.6. The average molecular weight is 346 g/mol. The van der Waals surface area contributed by atoms with Crippen LogP contribution in [0.15, 0.2) is 40.9 Å². The van der Waals surface area contributed by atoms with Crippen molar-refractivity contribution in [3.63, 3.8) is 0 Å². The van der Waals surface area contributed by atoms with Crippen LogP contribution < -0.4 is 5.73 Å². The van der Waals surface area contributed by atoms with Crippen molar-refractivity contribution < 1.29 is 4.39 Å². The minimum atomic E-state index is -0.272. The lowest BCUT2D eigenvalue weighted by molar-refractivity contribution is 0.619. The van der Waals surface area contributed by atoms with Crippen molar-refractivity contribution in [2.24, 2.45) is 0 Å². The number of anilines is 1. The summed E-state index contributed by atoms with van der Waals surface area (Å²) in [5, 5.41) is 0. The number of aromatic nitrogens is 2. The first kappa shape index (κ1) is 12.8. The molecule has 1 aliphatic carbocycles. The van der Waals surface area contributed by atoms with Crippen LogP contribution in [0.4, 0.5) is 10.1 Å². The Bertz CT molecular complexity index is 852. The van der Waals surface area contributed by atoms with Crippen LogP contribution in [0, 0.1) is 5.82 Å². The third-order valence-electron chi connectivity index (χ3n) is 3.81. The Morgan fingerprint density at radius 3 is 2.71 bits per heavy atom. The first-order valence-electron chi connectivity index (χ1n) is 6.87. The van der Waals surface area contributed by atoms with E-state index in [-0.39, 0.29) is 5.82 Å². The second-order valence-corrected chi connectivity index (χ2v) is 6.28. The molecule has 0 amide bonds. The van der Waals surface area contributed by atoms with Gasteiger partial charge >= 0.3 is 0 Å². The molecule has 106 valence electrons. The quantitative estimate of drug-likeness (QED) is 0.700. The van der Waals surface area contributed by atoms with E-state index in [1.807, 2.05) is 28.8 Å². The lowest BCUT2D eigenvalue weighted by atomic mass is 10.2. The van der Waals surface area contributed by atoms with Crippen LogP contribution in [0.25, 0.3) is 16.7 Å². The minimum Gasteiger partial charge on any atom is -0.399 e. The molecule has 3 nitrogen and oxygen atoms in total. The van der Waals surface area contributed by atoms with Gasteiger partial charge in [-0.05, 0) is 65.2 Å². The number of fused-ring (bicyclic) bond motifs is 1. The van der Waals surface area contributed by atoms with Gasteiger partial charge in [0.05, 0.1) is 21.2 Å². The topological polar surface area (TPSA) is 43.8 Å². The zero-order valence-corrected chi connectivity index (χ0v) is 12.8. The van der Waals surface area contributed by atoms with Crippen molar-refractivity contribution in [1.29, 1.82) is 0 Å². The smallest absolute Gasteiger partial charge is 0.139 e. The maximum atomic E-state index is 13.9. The highest BCUT2D eigenvalue weighted by atomic mass is 79.9. The van der Waals surface area contributed by atoms with Crippen molar-refractivity contribution in [2.75, 3.05) is 5.73 Å². The Morgan fingerprint density at radius 2 is 2.00 bits per heavy atom. The van der Waals surface area contributed by atoms with Crippen LogP contribution >= 0.6 is 15.9 Å². The maximum Gasteiger partial charge on any atom is 0.139 e. The Kier molecular flexibility index (Phi) is 2.79. The van der Waals surface area contributed by atoms with Gasteiger partial charge in [0.2, 0.25) is 0 Å². The van der Waals surface area contributed by atoms with E-state index < -0.39 is 0 Å². The summed E-state index contributed by atoms with van der Waals surface area (Å²) >= 11 is 3.20. The van der Waals surface area contributed by atoms with Crippen LogP contribution in [-0.2, 0) is 0 Å². The highest BCUT2D eigenvalue weighted by Gasteiger charge is 2.30. The van der Waals surface area contributed by atoms with Crippen LogP contribution in [-0.4, -0.2) is 9.55 Å². The van der Waals surface area contributed by atoms with Gasteiger partial charge in [0, 0.05) is 11.6 Å². The summed E-state index contributed by atoms with van der Waals surface area (Å²) in [5.41, 5.74) is 9.16. The number of hydrogen-bond donors (Lipinski definition) is 1. The summed E-state index contributed by atoms with van der Waals surface area (Å²) in [7, 11) is 0. The van der Waals surface area contributed by atoms with Gasteiger partial charge in [0.25, 0.3) is 0 Å². The number of imidazole rings is 1. The van der Waals surface area contributed by atoms with Gasteiger partial charge in [-0.2, -0.15) is 0 Å². The Labute approximate surface area is 129 Å². The molecule has 0 saturated heterocycles. The van der Waals surface area contributed by atoms with E-state index in [1.165, 1.54) is 6.07 Å². The largest absolute Gasteiger partial charge is 0.399 e. The molecule has 0 spiro atoms. The van der Waals surface area contributed by atoms with Gasteiger partial charge in [-0.3, -0.25) is 4.57 Å². The van der Waals surface area contributed by atoms with Gasteiger partial charge in [-0.25, -0.2) is 9.37 Å². The summed E-state index contributed by atoms with van der Waals surface area (Å²) in [6, 6.07) is 10.8. The molecule has 3 aromatic rings. The van der Waals surface area contributed by atoms with Crippen LogP contribution in [0.5, 0.6) is 0 Å². The van der Waals surface area contributed by atoms with Crippen LogP contribution in [0.2, 0.25) is 0 Å². The van der Waals surface area contributed by atoms with E-state index in [2.05, 4.69) is 15.9 Å². The van der Waals surface area contributed by atoms with Crippen molar-refractivity contribution >= 4 is 32.7 Å². The number of hydrogen-bond acceptors (Lipinski definition) is 2. The lowest BCUT2D eigenvalue weighted by Gasteiger charge is -2.09. The third-order valence-corrected chi connectivity index (χ3v) is 4.45. The molecule has 0 unspecified atom stereocenters. The second kappa shape index (κ2) is 4.56. The molecule has 21 heavy (non-hydrogen) atoms. The molecule has 1 aromatic heterocycles. The fourth-order valence-electron chi connectivity index (χ4n) is 2.63. The van der Waals surface area contributed by atoms with Gasteiger partial charge in [-0.15, -0.1) is 0 Å². The van der Waals surface area contributed by atoms with Crippen LogP contribution in [0.1, 0.15) is 24.6 Å². The summed E-state index contributed by atoms with van der Waals surface area (Å²) in [6.07, 6.45) is 2.27. The molecular weight excluding hydrogens is 333 g/mol. The van der Waals surface area contributed by atoms with Gasteiger partial charge in [0.15, 0.2) is 0 Å². The predicted molar refractivity (Wildman–Crippen MR) is 85.1 cm³/mol. The van der Waals surface area contributed by atoms with Gasteiger partial charge in [0.1, 0.15) is 11.6 Å². The molecule has 1 heterocycles. The van der Waals surface area contributed by atoms with Crippen molar-refractivity contribution in [3.05, 3.63) is 52.5 Å². The summed E-state index contributed by atoms with van der Waals surface area (Å²) < 4.78 is 16.4. The number of nitrogens with zero attached hydrogens (tertiary/aromatic N) is 2. The summed E-state index contributed by atoms with van der Waals surface area (Å²) in [4.78, 5) is 4.71. The number of rotatable bonds is 2. The molecule has 2 aromatic carbocycles. The third kappa shape index (κ3) is 2.12. The Hall–Kier alpha value is -1.88. The Morgan fingerprint density at radius 1 is 1.19 bits per heavy atom. The standard InChI is InChI=1S/C16H13BrFN3/c17-12-5-4-11(8-13(12)18)21-15-6-3-10(19)7-14(15)20-16(21)9-1-2-9/h3-9H,1-2,19H2. The van der Waals surface area contributed by atoms with Crippen molar-refractivity contribution in [3.8, 4) is 5.69 Å². The second-order valence-electron chi connectivity index (χ2n) is 5.43. The fourth-order valence-corrected chi connectivity index (χ4v) is 2.87. The number of benzene rings is 2. The normalized spacial score (nSPS) is 14.8. The van der Waals surface area contributed by atoms with E-state index in [9.17, 15) is 4.39 Å². The highest BCUT2D eigenvalue weighted by molar-refractivity contribution is 9.10. The van der Waals surface area contributed by atoms with E-state index in [0.717, 1.165) is 35.4 Å². The number of halogens is 2. The van der Waals surface area contributed by atoms with Gasteiger partial charge in [-0.1, -0.05) is 0 Å². The molecule has 2 N–H and O–H groups in total. The molecule has 0 bridgehead atoms. The average Bonchev–Trinajstić information content (AvgIpc) is 3.23. The van der Waals surface area contributed by atoms with E-state index in [1.54, 1.807) is 6.07 Å². The maximum absolute atomic E-state index is 13.9. The lowest BCUT2D eigenvalue weighted by Crippen LogP contribution is -2.00. The van der Waals surface area contributed by atoms with E-state index in [4.69, 9.17) is 10.7 Å². The molecule has 4 rings (SSSR count). The number of nitrogen functional groups attached to an aromatic ring is 1. The number of nitrogens with two attached hydrogens (primary N) is 1. The minimum absolute atomic E-state index is 0.272. The summed E-state index contributed by atoms with van der Waals surface area (Å²) in [5.74, 6) is 1.19. The van der Waals surface area contributed by atoms with E-state index >= 15 is 0 Å².